The van der Waals surface area contributed by atoms with Gasteiger partial charge in [0.1, 0.15) is 0 Å². The van der Waals surface area contributed by atoms with Crippen LogP contribution in [-0.2, 0) is 22.5 Å². The molecule has 1 aromatic carbocycles. The number of hydrogen-bond donors (Lipinski definition) is 3. The molecule has 0 fully saturated rings. The number of hydrogen-bond acceptors (Lipinski definition) is 6. The summed E-state index contributed by atoms with van der Waals surface area (Å²) in [7, 11) is 1.59. The van der Waals surface area contributed by atoms with Crippen molar-refractivity contribution in [3.63, 3.8) is 0 Å². The van der Waals surface area contributed by atoms with Gasteiger partial charge >= 0.3 is 6.03 Å². The number of urea groups is 1. The number of nitrogens with one attached hydrogen (secondary N) is 3. The van der Waals surface area contributed by atoms with Gasteiger partial charge in [0.05, 0.1) is 13.2 Å². The summed E-state index contributed by atoms with van der Waals surface area (Å²) in [5, 5.41) is 11.9. The molecule has 1 aromatic heterocycles. The van der Waals surface area contributed by atoms with Gasteiger partial charge in [0, 0.05) is 31.3 Å². The highest BCUT2D eigenvalue weighted by atomic mass is 16.5. The highest BCUT2D eigenvalue weighted by Gasteiger charge is 2.10. The van der Waals surface area contributed by atoms with Crippen LogP contribution < -0.4 is 16.0 Å². The van der Waals surface area contributed by atoms with Crippen molar-refractivity contribution in [3.8, 4) is 0 Å². The predicted octanol–water partition coefficient (Wildman–Crippen LogP) is 2.24. The quantitative estimate of drug-likeness (QED) is 0.663. The molecule has 0 spiro atoms. The Morgan fingerprint density at radius 2 is 2.08 bits per heavy atom. The number of methoxy groups -OCH3 is 1. The van der Waals surface area contributed by atoms with Crippen molar-refractivity contribution >= 4 is 23.3 Å². The van der Waals surface area contributed by atoms with Gasteiger partial charge in [-0.25, -0.2) is 4.79 Å². The van der Waals surface area contributed by atoms with E-state index in [9.17, 15) is 9.59 Å². The molecule has 0 atom stereocenters. The lowest BCUT2D eigenvalue weighted by Crippen LogP contribution is -2.28. The van der Waals surface area contributed by atoms with E-state index in [4.69, 9.17) is 9.26 Å². The molecule has 0 radical (unpaired) electrons. The highest BCUT2D eigenvalue weighted by molar-refractivity contribution is 5.94. The van der Waals surface area contributed by atoms with Gasteiger partial charge in [-0.2, -0.15) is 4.98 Å². The van der Waals surface area contributed by atoms with Crippen molar-refractivity contribution in [2.75, 3.05) is 24.4 Å². The fourth-order valence-corrected chi connectivity index (χ4v) is 2.06. The van der Waals surface area contributed by atoms with E-state index in [1.54, 1.807) is 26.2 Å². The van der Waals surface area contributed by atoms with Crippen LogP contribution in [0, 0.1) is 6.92 Å². The summed E-state index contributed by atoms with van der Waals surface area (Å²) in [6.45, 7) is 4.24. The first-order chi connectivity index (χ1) is 12.5. The minimum atomic E-state index is -0.413. The number of amides is 3. The summed E-state index contributed by atoms with van der Waals surface area (Å²) in [6, 6.07) is 4.90. The maximum Gasteiger partial charge on any atom is 0.319 e. The number of nitrogens with zero attached hydrogens (tertiary/aromatic N) is 2. The Kier molecular flexibility index (Phi) is 7.10. The van der Waals surface area contributed by atoms with Gasteiger partial charge in [-0.1, -0.05) is 18.1 Å². The van der Waals surface area contributed by atoms with Crippen molar-refractivity contribution in [2.24, 2.45) is 0 Å². The molecule has 3 N–H and O–H groups in total. The Morgan fingerprint density at radius 3 is 2.81 bits per heavy atom. The molecule has 2 rings (SSSR count). The topological polar surface area (TPSA) is 118 Å². The van der Waals surface area contributed by atoms with Gasteiger partial charge in [-0.05, 0) is 24.6 Å². The molecule has 0 aliphatic heterocycles. The maximum absolute atomic E-state index is 12.1. The average molecular weight is 361 g/mol. The Morgan fingerprint density at radius 1 is 1.27 bits per heavy atom. The third-order valence-electron chi connectivity index (χ3n) is 3.53. The van der Waals surface area contributed by atoms with Crippen LogP contribution >= 0.6 is 0 Å². The molecule has 26 heavy (non-hydrogen) atoms. The van der Waals surface area contributed by atoms with Gasteiger partial charge in [0.2, 0.25) is 11.8 Å². The van der Waals surface area contributed by atoms with Crippen LogP contribution in [0.25, 0.3) is 0 Å². The zero-order chi connectivity index (χ0) is 18.9. The summed E-state index contributed by atoms with van der Waals surface area (Å²) in [6.07, 6.45) is 0.926. The fourth-order valence-electron chi connectivity index (χ4n) is 2.06. The summed E-state index contributed by atoms with van der Waals surface area (Å²) >= 11 is 0. The lowest BCUT2D eigenvalue weighted by molar-refractivity contribution is -0.115. The molecule has 9 heteroatoms. The number of aromatic nitrogens is 2. The monoisotopic (exact) mass is 361 g/mol. The standard InChI is InChI=1S/C17H23N5O4/c1-4-15(23)19-12-6-5-11(2)13(9-12)20-17(24)18-10-16-21-14(22-26-16)7-8-25-3/h5-6,9H,4,7-8,10H2,1-3H3,(H,19,23)(H2,18,20,24). The molecule has 0 aliphatic rings. The molecule has 140 valence electrons. The highest BCUT2D eigenvalue weighted by Crippen LogP contribution is 2.20. The van der Waals surface area contributed by atoms with E-state index >= 15 is 0 Å². The smallest absolute Gasteiger partial charge is 0.319 e. The second-order valence-corrected chi connectivity index (χ2v) is 5.59. The number of benzene rings is 1. The SMILES string of the molecule is CCC(=O)Nc1ccc(C)c(NC(=O)NCc2nc(CCOC)no2)c1. The largest absolute Gasteiger partial charge is 0.384 e. The van der Waals surface area contributed by atoms with Crippen molar-refractivity contribution in [1.29, 1.82) is 0 Å². The minimum Gasteiger partial charge on any atom is -0.384 e. The molecule has 1 heterocycles. The van der Waals surface area contributed by atoms with E-state index in [0.717, 1.165) is 5.56 Å². The second-order valence-electron chi connectivity index (χ2n) is 5.59. The normalized spacial score (nSPS) is 10.4. The first-order valence-corrected chi connectivity index (χ1v) is 8.27. The van der Waals surface area contributed by atoms with E-state index in [1.165, 1.54) is 0 Å². The van der Waals surface area contributed by atoms with Crippen LogP contribution in [0.4, 0.5) is 16.2 Å². The van der Waals surface area contributed by atoms with Gasteiger partial charge in [-0.3, -0.25) is 4.79 Å². The van der Waals surface area contributed by atoms with E-state index in [1.807, 2.05) is 13.0 Å². The number of carbonyl (C=O) groups excluding carboxylic acids is 2. The molecule has 3 amide bonds. The molecule has 0 aliphatic carbocycles. The van der Waals surface area contributed by atoms with Crippen LogP contribution in [0.1, 0.15) is 30.6 Å². The number of anilines is 2. The first kappa shape index (κ1) is 19.4. The molecule has 0 bridgehead atoms. The molecule has 0 saturated carbocycles. The second kappa shape index (κ2) is 9.52. The first-order valence-electron chi connectivity index (χ1n) is 8.27. The third kappa shape index (κ3) is 5.85. The average Bonchev–Trinajstić information content (AvgIpc) is 3.08. The summed E-state index contributed by atoms with van der Waals surface area (Å²) < 4.78 is 10.00. The minimum absolute atomic E-state index is 0.0927. The molecular formula is C17H23N5O4. The summed E-state index contributed by atoms with van der Waals surface area (Å²) in [5.74, 6) is 0.746. The van der Waals surface area contributed by atoms with Crippen LogP contribution in [-0.4, -0.2) is 35.8 Å². The van der Waals surface area contributed by atoms with Crippen LogP contribution in [0.15, 0.2) is 22.7 Å². The number of carbonyl (C=O) groups is 2. The zero-order valence-corrected chi connectivity index (χ0v) is 15.1. The molecular weight excluding hydrogens is 338 g/mol. The Labute approximate surface area is 151 Å². The summed E-state index contributed by atoms with van der Waals surface area (Å²) in [5.41, 5.74) is 2.09. The van der Waals surface area contributed by atoms with E-state index in [-0.39, 0.29) is 12.5 Å². The van der Waals surface area contributed by atoms with Crippen molar-refractivity contribution in [2.45, 2.75) is 33.2 Å². The lowest BCUT2D eigenvalue weighted by atomic mass is 10.2. The fraction of sp³-hybridized carbons (Fsp3) is 0.412. The van der Waals surface area contributed by atoms with Crippen molar-refractivity contribution in [3.05, 3.63) is 35.5 Å². The Hall–Kier alpha value is -2.94. The molecule has 0 unspecified atom stereocenters. The van der Waals surface area contributed by atoms with E-state index in [2.05, 4.69) is 26.1 Å². The maximum atomic E-state index is 12.1. The number of ether oxygens (including phenoxy) is 1. The van der Waals surface area contributed by atoms with Gasteiger partial charge in [-0.15, -0.1) is 0 Å². The van der Waals surface area contributed by atoms with Crippen LogP contribution in [0.5, 0.6) is 0 Å². The Balaban J connectivity index is 1.89. The van der Waals surface area contributed by atoms with Crippen molar-refractivity contribution < 1.29 is 18.8 Å². The molecule has 9 nitrogen and oxygen atoms in total. The predicted molar refractivity (Wildman–Crippen MR) is 95.8 cm³/mol. The van der Waals surface area contributed by atoms with Crippen LogP contribution in [0.3, 0.4) is 0 Å². The summed E-state index contributed by atoms with van der Waals surface area (Å²) in [4.78, 5) is 27.7. The van der Waals surface area contributed by atoms with Crippen LogP contribution in [0.2, 0.25) is 0 Å². The lowest BCUT2D eigenvalue weighted by Gasteiger charge is -2.11. The van der Waals surface area contributed by atoms with Gasteiger partial charge < -0.3 is 25.2 Å². The molecule has 0 saturated heterocycles. The van der Waals surface area contributed by atoms with E-state index < -0.39 is 6.03 Å². The zero-order valence-electron chi connectivity index (χ0n) is 15.1. The third-order valence-corrected chi connectivity index (χ3v) is 3.53. The van der Waals surface area contributed by atoms with Gasteiger partial charge in [0.15, 0.2) is 5.82 Å². The molecule has 2 aromatic rings. The number of aryl methyl sites for hydroxylation is 1. The van der Waals surface area contributed by atoms with Gasteiger partial charge in [0.25, 0.3) is 0 Å². The number of rotatable bonds is 8. The van der Waals surface area contributed by atoms with Crippen molar-refractivity contribution in [1.82, 2.24) is 15.5 Å². The van der Waals surface area contributed by atoms with E-state index in [0.29, 0.717) is 42.5 Å². The Bertz CT molecular complexity index is 759.